The second-order valence-corrected chi connectivity index (χ2v) is 5.73. The number of rotatable bonds is 3. The third kappa shape index (κ3) is 2.50. The van der Waals surface area contributed by atoms with Crippen molar-refractivity contribution in [1.82, 2.24) is 10.2 Å². The quantitative estimate of drug-likeness (QED) is 0.872. The molecule has 0 fully saturated rings. The monoisotopic (exact) mass is 257 g/mol. The zero-order valence-corrected chi connectivity index (χ0v) is 12.4. The third-order valence-electron chi connectivity index (χ3n) is 4.07. The van der Waals surface area contributed by atoms with E-state index in [1.807, 2.05) is 0 Å². The molecule has 0 bridgehead atoms. The highest BCUT2D eigenvalue weighted by molar-refractivity contribution is 5.77. The van der Waals surface area contributed by atoms with Crippen molar-refractivity contribution in [2.75, 3.05) is 5.73 Å². The number of hydrogen-bond donors (Lipinski definition) is 2. The first-order valence-electron chi connectivity index (χ1n) is 6.83. The van der Waals surface area contributed by atoms with E-state index in [1.165, 1.54) is 11.1 Å². The van der Waals surface area contributed by atoms with Gasteiger partial charge in [0.25, 0.3) is 0 Å². The van der Waals surface area contributed by atoms with Crippen molar-refractivity contribution in [3.63, 3.8) is 0 Å². The SMILES string of the molecule is Cc1ccc(-c2c(N)n[nH]c2C(C)C(C)C)cc1C. The molecule has 19 heavy (non-hydrogen) atoms. The molecule has 1 aromatic carbocycles. The van der Waals surface area contributed by atoms with Gasteiger partial charge in [-0.3, -0.25) is 5.10 Å². The van der Waals surface area contributed by atoms with Gasteiger partial charge in [0.15, 0.2) is 5.82 Å². The molecule has 102 valence electrons. The molecule has 0 radical (unpaired) electrons. The van der Waals surface area contributed by atoms with Crippen molar-refractivity contribution in [1.29, 1.82) is 0 Å². The summed E-state index contributed by atoms with van der Waals surface area (Å²) in [6, 6.07) is 6.45. The molecule has 3 nitrogen and oxygen atoms in total. The average molecular weight is 257 g/mol. The molecular formula is C16H23N3. The van der Waals surface area contributed by atoms with E-state index in [4.69, 9.17) is 5.73 Å². The van der Waals surface area contributed by atoms with E-state index < -0.39 is 0 Å². The summed E-state index contributed by atoms with van der Waals surface area (Å²) in [7, 11) is 0. The van der Waals surface area contributed by atoms with Crippen LogP contribution in [-0.4, -0.2) is 10.2 Å². The van der Waals surface area contributed by atoms with Crippen molar-refractivity contribution in [2.24, 2.45) is 5.92 Å². The van der Waals surface area contributed by atoms with Gasteiger partial charge in [0.1, 0.15) is 0 Å². The van der Waals surface area contributed by atoms with Crippen LogP contribution >= 0.6 is 0 Å². The van der Waals surface area contributed by atoms with Crippen LogP contribution in [0.5, 0.6) is 0 Å². The van der Waals surface area contributed by atoms with E-state index in [1.54, 1.807) is 0 Å². The molecule has 0 aliphatic heterocycles. The van der Waals surface area contributed by atoms with Gasteiger partial charge in [-0.1, -0.05) is 39.0 Å². The molecule has 2 aromatic rings. The van der Waals surface area contributed by atoms with Gasteiger partial charge >= 0.3 is 0 Å². The van der Waals surface area contributed by atoms with Gasteiger partial charge in [-0.2, -0.15) is 5.10 Å². The number of anilines is 1. The number of nitrogens with two attached hydrogens (primary N) is 1. The molecule has 1 aromatic heterocycles. The zero-order valence-electron chi connectivity index (χ0n) is 12.4. The molecule has 1 atom stereocenters. The van der Waals surface area contributed by atoms with Gasteiger partial charge in [0, 0.05) is 17.2 Å². The summed E-state index contributed by atoms with van der Waals surface area (Å²) >= 11 is 0. The zero-order chi connectivity index (χ0) is 14.2. The lowest BCUT2D eigenvalue weighted by molar-refractivity contribution is 0.523. The smallest absolute Gasteiger partial charge is 0.153 e. The molecule has 3 heteroatoms. The minimum atomic E-state index is 0.404. The summed E-state index contributed by atoms with van der Waals surface area (Å²) in [5.41, 5.74) is 12.0. The van der Waals surface area contributed by atoms with Crippen molar-refractivity contribution >= 4 is 5.82 Å². The molecular weight excluding hydrogens is 234 g/mol. The van der Waals surface area contributed by atoms with Gasteiger partial charge in [0.05, 0.1) is 0 Å². The number of H-pyrrole nitrogens is 1. The molecule has 1 unspecified atom stereocenters. The first kappa shape index (κ1) is 13.7. The molecule has 1 heterocycles. The highest BCUT2D eigenvalue weighted by Crippen LogP contribution is 2.35. The second kappa shape index (κ2) is 5.08. The van der Waals surface area contributed by atoms with Gasteiger partial charge in [-0.15, -0.1) is 0 Å². The van der Waals surface area contributed by atoms with E-state index in [2.05, 4.69) is 63.0 Å². The normalized spacial score (nSPS) is 12.9. The molecule has 0 amide bonds. The van der Waals surface area contributed by atoms with E-state index in [0.29, 0.717) is 17.7 Å². The Balaban J connectivity index is 2.55. The molecule has 0 spiro atoms. The first-order valence-corrected chi connectivity index (χ1v) is 6.83. The van der Waals surface area contributed by atoms with Gasteiger partial charge in [-0.25, -0.2) is 0 Å². The molecule has 0 aliphatic rings. The Morgan fingerprint density at radius 2 is 1.79 bits per heavy atom. The van der Waals surface area contributed by atoms with Gasteiger partial charge in [0.2, 0.25) is 0 Å². The van der Waals surface area contributed by atoms with E-state index in [-0.39, 0.29) is 0 Å². The van der Waals surface area contributed by atoms with Crippen LogP contribution in [0.3, 0.4) is 0 Å². The molecule has 0 saturated heterocycles. The summed E-state index contributed by atoms with van der Waals surface area (Å²) in [5, 5.41) is 7.31. The van der Waals surface area contributed by atoms with E-state index in [0.717, 1.165) is 16.8 Å². The van der Waals surface area contributed by atoms with Crippen LogP contribution in [0, 0.1) is 19.8 Å². The number of benzene rings is 1. The lowest BCUT2D eigenvalue weighted by Crippen LogP contribution is -2.04. The summed E-state index contributed by atoms with van der Waals surface area (Å²) < 4.78 is 0. The van der Waals surface area contributed by atoms with Crippen molar-refractivity contribution in [3.8, 4) is 11.1 Å². The number of nitrogens with one attached hydrogen (secondary N) is 1. The topological polar surface area (TPSA) is 54.7 Å². The Kier molecular flexibility index (Phi) is 3.65. The Hall–Kier alpha value is -1.77. The summed E-state index contributed by atoms with van der Waals surface area (Å²) in [6.07, 6.45) is 0. The van der Waals surface area contributed by atoms with Gasteiger partial charge < -0.3 is 5.73 Å². The van der Waals surface area contributed by atoms with Crippen LogP contribution < -0.4 is 5.73 Å². The van der Waals surface area contributed by atoms with E-state index in [9.17, 15) is 0 Å². The summed E-state index contributed by atoms with van der Waals surface area (Å²) in [5.74, 6) is 1.54. The maximum Gasteiger partial charge on any atom is 0.153 e. The second-order valence-electron chi connectivity index (χ2n) is 5.73. The Labute approximate surface area is 115 Å². The van der Waals surface area contributed by atoms with Crippen molar-refractivity contribution < 1.29 is 0 Å². The molecule has 0 aliphatic carbocycles. The van der Waals surface area contributed by atoms with Crippen LogP contribution in [-0.2, 0) is 0 Å². The standard InChI is InChI=1S/C16H23N3/c1-9(2)12(5)15-14(16(17)19-18-15)13-7-6-10(3)11(4)8-13/h6-9,12H,1-5H3,(H3,17,18,19). The lowest BCUT2D eigenvalue weighted by Gasteiger charge is -2.16. The minimum Gasteiger partial charge on any atom is -0.382 e. The highest BCUT2D eigenvalue weighted by Gasteiger charge is 2.20. The predicted octanol–water partition coefficient (Wildman–Crippen LogP) is 4.04. The lowest BCUT2D eigenvalue weighted by atomic mass is 9.89. The van der Waals surface area contributed by atoms with Gasteiger partial charge in [-0.05, 0) is 36.5 Å². The fraction of sp³-hybridized carbons (Fsp3) is 0.438. The van der Waals surface area contributed by atoms with Crippen LogP contribution in [0.2, 0.25) is 0 Å². The minimum absolute atomic E-state index is 0.404. The van der Waals surface area contributed by atoms with Crippen LogP contribution in [0.25, 0.3) is 11.1 Å². The fourth-order valence-electron chi connectivity index (χ4n) is 2.23. The number of aryl methyl sites for hydroxylation is 2. The number of nitrogen functional groups attached to an aromatic ring is 1. The third-order valence-corrected chi connectivity index (χ3v) is 4.07. The Morgan fingerprint density at radius 3 is 2.37 bits per heavy atom. The maximum absolute atomic E-state index is 6.06. The first-order chi connectivity index (χ1) is 8.91. The van der Waals surface area contributed by atoms with Crippen molar-refractivity contribution in [3.05, 3.63) is 35.0 Å². The Morgan fingerprint density at radius 1 is 1.11 bits per heavy atom. The highest BCUT2D eigenvalue weighted by atomic mass is 15.2. The summed E-state index contributed by atoms with van der Waals surface area (Å²) in [4.78, 5) is 0. The van der Waals surface area contributed by atoms with Crippen LogP contribution in [0.1, 0.15) is 43.5 Å². The average Bonchev–Trinajstić information content (AvgIpc) is 2.73. The predicted molar refractivity (Wildman–Crippen MR) is 81.2 cm³/mol. The molecule has 2 rings (SSSR count). The van der Waals surface area contributed by atoms with Crippen molar-refractivity contribution in [2.45, 2.75) is 40.5 Å². The molecule has 3 N–H and O–H groups in total. The number of aromatic amines is 1. The number of nitrogens with zero attached hydrogens (tertiary/aromatic N) is 1. The largest absolute Gasteiger partial charge is 0.382 e. The fourth-order valence-corrected chi connectivity index (χ4v) is 2.23. The number of hydrogen-bond acceptors (Lipinski definition) is 2. The van der Waals surface area contributed by atoms with Crippen LogP contribution in [0.15, 0.2) is 18.2 Å². The van der Waals surface area contributed by atoms with Crippen LogP contribution in [0.4, 0.5) is 5.82 Å². The Bertz CT molecular complexity index is 582. The summed E-state index contributed by atoms with van der Waals surface area (Å²) in [6.45, 7) is 10.9. The van der Waals surface area contributed by atoms with E-state index >= 15 is 0 Å². The molecule has 0 saturated carbocycles. The number of aromatic nitrogens is 2. The maximum atomic E-state index is 6.06.